The summed E-state index contributed by atoms with van der Waals surface area (Å²) in [6.07, 6.45) is 5.89. The fraction of sp³-hybridized carbons (Fsp3) is 0.560. The molecule has 1 heterocycles. The molecule has 0 aromatic heterocycles. The predicted molar refractivity (Wildman–Crippen MR) is 126 cm³/mol. The van der Waals surface area contributed by atoms with Crippen molar-refractivity contribution in [2.24, 2.45) is 5.92 Å². The smallest absolute Gasteiger partial charge is 0.305 e. The maximum atomic E-state index is 13.0. The highest BCUT2D eigenvalue weighted by molar-refractivity contribution is 5.86. The zero-order chi connectivity index (χ0) is 24.4. The molecule has 2 atom stereocenters. The van der Waals surface area contributed by atoms with Crippen LogP contribution in [0.4, 0.5) is 0 Å². The van der Waals surface area contributed by atoms with Gasteiger partial charge in [-0.05, 0) is 24.8 Å². The van der Waals surface area contributed by atoms with Crippen molar-refractivity contribution >= 4 is 17.8 Å². The molecule has 9 heteroatoms. The molecule has 0 unspecified atom stereocenters. The van der Waals surface area contributed by atoms with Crippen LogP contribution < -0.4 is 10.6 Å². The number of esters is 1. The maximum absolute atomic E-state index is 13.0. The van der Waals surface area contributed by atoms with Crippen LogP contribution in [0, 0.1) is 5.92 Å². The van der Waals surface area contributed by atoms with Crippen LogP contribution in [0.15, 0.2) is 42.5 Å². The topological polar surface area (TPSA) is 123 Å². The molecule has 1 aromatic rings. The molecule has 1 aliphatic heterocycles. The first-order valence-electron chi connectivity index (χ1n) is 11.8. The Hall–Kier alpha value is -2.75. The van der Waals surface area contributed by atoms with E-state index >= 15 is 0 Å². The van der Waals surface area contributed by atoms with Gasteiger partial charge in [0.1, 0.15) is 6.61 Å². The van der Waals surface area contributed by atoms with Gasteiger partial charge in [-0.2, -0.15) is 0 Å². The number of carbonyl (C=O) groups is 3. The van der Waals surface area contributed by atoms with Crippen molar-refractivity contribution in [3.8, 4) is 0 Å². The highest BCUT2D eigenvalue weighted by Crippen LogP contribution is 2.13. The lowest BCUT2D eigenvalue weighted by Crippen LogP contribution is -2.45. The van der Waals surface area contributed by atoms with Crippen LogP contribution in [0.1, 0.15) is 37.7 Å². The number of nitrogens with one attached hydrogen (secondary N) is 2. The minimum absolute atomic E-state index is 0.00784. The number of cyclic esters (lactones) is 1. The number of ether oxygens (including phenoxy) is 3. The summed E-state index contributed by atoms with van der Waals surface area (Å²) in [7, 11) is 0. The Bertz CT molecular complexity index is 770. The second-order valence-electron chi connectivity index (χ2n) is 8.08. The molecule has 2 rings (SSSR count). The molecule has 0 spiro atoms. The van der Waals surface area contributed by atoms with E-state index < -0.39 is 12.0 Å². The van der Waals surface area contributed by atoms with E-state index in [1.165, 1.54) is 0 Å². The molecule has 0 aliphatic carbocycles. The Morgan fingerprint density at radius 1 is 1.15 bits per heavy atom. The van der Waals surface area contributed by atoms with E-state index in [2.05, 4.69) is 10.6 Å². The number of aliphatic hydroxyl groups is 1. The van der Waals surface area contributed by atoms with Crippen molar-refractivity contribution in [2.75, 3.05) is 39.6 Å². The van der Waals surface area contributed by atoms with E-state index in [0.29, 0.717) is 38.8 Å². The van der Waals surface area contributed by atoms with Gasteiger partial charge in [-0.3, -0.25) is 14.4 Å². The molecule has 0 radical (unpaired) electrons. The lowest BCUT2D eigenvalue weighted by atomic mass is 9.98. The van der Waals surface area contributed by atoms with Crippen molar-refractivity contribution < 1.29 is 33.7 Å². The average Bonchev–Trinajstić information content (AvgIpc) is 2.84. The van der Waals surface area contributed by atoms with E-state index in [1.54, 1.807) is 0 Å². The summed E-state index contributed by atoms with van der Waals surface area (Å²) in [6, 6.07) is 9.12. The van der Waals surface area contributed by atoms with E-state index in [9.17, 15) is 14.4 Å². The lowest BCUT2D eigenvalue weighted by Gasteiger charge is -2.22. The molecule has 34 heavy (non-hydrogen) atoms. The molecule has 188 valence electrons. The lowest BCUT2D eigenvalue weighted by molar-refractivity contribution is -0.146. The highest BCUT2D eigenvalue weighted by Gasteiger charge is 2.24. The largest absolute Gasteiger partial charge is 0.463 e. The van der Waals surface area contributed by atoms with Crippen LogP contribution in [0.5, 0.6) is 0 Å². The van der Waals surface area contributed by atoms with Crippen molar-refractivity contribution in [1.29, 1.82) is 0 Å². The first-order chi connectivity index (χ1) is 16.6. The maximum Gasteiger partial charge on any atom is 0.305 e. The van der Waals surface area contributed by atoms with Crippen LogP contribution in [0.2, 0.25) is 0 Å². The Kier molecular flexibility index (Phi) is 13.6. The summed E-state index contributed by atoms with van der Waals surface area (Å²) < 4.78 is 16.2. The molecular weight excluding hydrogens is 440 g/mol. The minimum atomic E-state index is -0.567. The molecule has 2 amide bonds. The third-order valence-electron chi connectivity index (χ3n) is 5.17. The standard InChI is InChI=1S/C25H36N2O7/c28-13-15-32-14-12-26-23(29)16-21-10-6-1-2-7-11-24(30)34-19-22(27-25(21)31)18-33-17-20-8-4-3-5-9-20/h1,3-6,8-9,21-22,28H,2,7,10-19H2,(H,26,29)(H,27,31)/t21-,22+/m1/s1. The third kappa shape index (κ3) is 11.9. The number of allylic oxidation sites excluding steroid dienone is 2. The molecule has 9 nitrogen and oxygen atoms in total. The number of amides is 2. The van der Waals surface area contributed by atoms with Gasteiger partial charge in [-0.15, -0.1) is 0 Å². The fourth-order valence-electron chi connectivity index (χ4n) is 3.36. The average molecular weight is 477 g/mol. The number of benzene rings is 1. The fourth-order valence-corrected chi connectivity index (χ4v) is 3.36. The van der Waals surface area contributed by atoms with E-state index in [4.69, 9.17) is 19.3 Å². The van der Waals surface area contributed by atoms with Gasteiger partial charge in [0.2, 0.25) is 11.8 Å². The summed E-state index contributed by atoms with van der Waals surface area (Å²) in [5.74, 6) is -1.43. The molecular formula is C25H36N2O7. The zero-order valence-electron chi connectivity index (χ0n) is 19.6. The summed E-state index contributed by atoms with van der Waals surface area (Å²) >= 11 is 0. The van der Waals surface area contributed by atoms with Gasteiger partial charge in [0.15, 0.2) is 0 Å². The van der Waals surface area contributed by atoms with Crippen LogP contribution in [-0.2, 0) is 35.2 Å². The Balaban J connectivity index is 1.94. The molecule has 0 fully saturated rings. The molecule has 0 saturated heterocycles. The quantitative estimate of drug-likeness (QED) is 0.251. The summed E-state index contributed by atoms with van der Waals surface area (Å²) in [5, 5.41) is 14.3. The summed E-state index contributed by atoms with van der Waals surface area (Å²) in [5.41, 5.74) is 0.998. The number of hydrogen-bond acceptors (Lipinski definition) is 7. The normalized spacial score (nSPS) is 19.8. The van der Waals surface area contributed by atoms with Gasteiger partial charge in [0.25, 0.3) is 0 Å². The third-order valence-corrected chi connectivity index (χ3v) is 5.17. The molecule has 0 saturated carbocycles. The monoisotopic (exact) mass is 476 g/mol. The van der Waals surface area contributed by atoms with Crippen molar-refractivity contribution in [3.63, 3.8) is 0 Å². The number of hydrogen-bond donors (Lipinski definition) is 3. The van der Waals surface area contributed by atoms with Crippen LogP contribution in [-0.4, -0.2) is 68.5 Å². The van der Waals surface area contributed by atoms with Crippen molar-refractivity contribution in [2.45, 2.75) is 44.8 Å². The second-order valence-corrected chi connectivity index (χ2v) is 8.08. The van der Waals surface area contributed by atoms with Gasteiger partial charge in [0, 0.05) is 19.4 Å². The Morgan fingerprint density at radius 3 is 2.76 bits per heavy atom. The summed E-state index contributed by atoms with van der Waals surface area (Å²) in [6.45, 7) is 1.27. The summed E-state index contributed by atoms with van der Waals surface area (Å²) in [4.78, 5) is 37.4. The van der Waals surface area contributed by atoms with Crippen LogP contribution in [0.3, 0.4) is 0 Å². The van der Waals surface area contributed by atoms with Crippen molar-refractivity contribution in [1.82, 2.24) is 10.6 Å². The van der Waals surface area contributed by atoms with Crippen molar-refractivity contribution in [3.05, 3.63) is 48.0 Å². The first kappa shape index (κ1) is 27.5. The Morgan fingerprint density at radius 2 is 1.97 bits per heavy atom. The van der Waals surface area contributed by atoms with Gasteiger partial charge in [0.05, 0.1) is 45.0 Å². The number of carbonyl (C=O) groups excluding carboxylic acids is 3. The van der Waals surface area contributed by atoms with Crippen LogP contribution in [0.25, 0.3) is 0 Å². The highest BCUT2D eigenvalue weighted by atomic mass is 16.5. The van der Waals surface area contributed by atoms with Gasteiger partial charge in [-0.1, -0.05) is 42.5 Å². The predicted octanol–water partition coefficient (Wildman–Crippen LogP) is 1.49. The van der Waals surface area contributed by atoms with E-state index in [-0.39, 0.29) is 57.2 Å². The Labute approximate surface area is 200 Å². The van der Waals surface area contributed by atoms with Gasteiger partial charge >= 0.3 is 5.97 Å². The van der Waals surface area contributed by atoms with Gasteiger partial charge in [-0.25, -0.2) is 0 Å². The number of rotatable bonds is 11. The first-order valence-corrected chi connectivity index (χ1v) is 11.8. The van der Waals surface area contributed by atoms with E-state index in [0.717, 1.165) is 5.56 Å². The molecule has 1 aliphatic rings. The van der Waals surface area contributed by atoms with Crippen LogP contribution >= 0.6 is 0 Å². The second kappa shape index (κ2) is 16.8. The SMILES string of the molecule is O=C(C[C@H]1CC=CCCCC(=O)OC[C@H](COCc2ccccc2)NC1=O)NCCOCCO. The molecule has 1 aromatic carbocycles. The molecule has 0 bridgehead atoms. The minimum Gasteiger partial charge on any atom is -0.463 e. The zero-order valence-corrected chi connectivity index (χ0v) is 19.6. The molecule has 3 N–H and O–H groups in total. The van der Waals surface area contributed by atoms with E-state index in [1.807, 2.05) is 42.5 Å². The van der Waals surface area contributed by atoms with Gasteiger partial charge < -0.3 is 30.0 Å². The number of aliphatic hydroxyl groups excluding tert-OH is 1.